The van der Waals surface area contributed by atoms with E-state index in [0.717, 1.165) is 37.7 Å². The first-order valence-electron chi connectivity index (χ1n) is 8.68. The highest BCUT2D eigenvalue weighted by molar-refractivity contribution is 6.42. The third kappa shape index (κ3) is 4.24. The first-order chi connectivity index (χ1) is 12.1. The Morgan fingerprint density at radius 1 is 1.20 bits per heavy atom. The molecule has 2 aromatic rings. The molecular weight excluding hydrogens is 316 g/mol. The fraction of sp³-hybridized carbons (Fsp3) is 0.350. The van der Waals surface area contributed by atoms with Crippen molar-refractivity contribution in [1.29, 1.82) is 0 Å². The van der Waals surface area contributed by atoms with E-state index in [-0.39, 0.29) is 11.8 Å². The molecule has 1 aliphatic rings. The zero-order valence-electron chi connectivity index (χ0n) is 14.1. The van der Waals surface area contributed by atoms with Crippen molar-refractivity contribution >= 4 is 11.7 Å². The van der Waals surface area contributed by atoms with Crippen molar-refractivity contribution in [2.75, 3.05) is 6.54 Å². The number of piperidine rings is 1. The van der Waals surface area contributed by atoms with Gasteiger partial charge in [0, 0.05) is 30.5 Å². The maximum atomic E-state index is 12.7. The molecular formula is C20H22N2O3. The first-order valence-corrected chi connectivity index (χ1v) is 8.68. The maximum absolute atomic E-state index is 12.7. The lowest BCUT2D eigenvalue weighted by atomic mass is 9.95. The molecule has 1 fully saturated rings. The summed E-state index contributed by atoms with van der Waals surface area (Å²) in [7, 11) is 0. The molecule has 0 spiro atoms. The van der Waals surface area contributed by atoms with E-state index >= 15 is 0 Å². The van der Waals surface area contributed by atoms with Gasteiger partial charge in [0.05, 0.1) is 0 Å². The standard InChI is InChI=1S/C20H22N2O3/c23-18-8-3-5-15(13-18)9-10-17-7-1-2-12-22(17)20(25)19(24)16-6-4-11-21-14-16/h3-6,8,11,13-14,17,23H,1-2,7,9-10,12H2/t17-/m0/s1. The van der Waals surface area contributed by atoms with Crippen molar-refractivity contribution in [3.8, 4) is 5.75 Å². The molecule has 0 aliphatic carbocycles. The summed E-state index contributed by atoms with van der Waals surface area (Å²) >= 11 is 0. The minimum absolute atomic E-state index is 0.0595. The minimum atomic E-state index is -0.489. The summed E-state index contributed by atoms with van der Waals surface area (Å²) in [5, 5.41) is 9.57. The van der Waals surface area contributed by atoms with Gasteiger partial charge in [-0.25, -0.2) is 0 Å². The minimum Gasteiger partial charge on any atom is -0.508 e. The molecule has 130 valence electrons. The largest absolute Gasteiger partial charge is 0.508 e. The van der Waals surface area contributed by atoms with E-state index in [4.69, 9.17) is 0 Å². The van der Waals surface area contributed by atoms with Crippen molar-refractivity contribution in [3.05, 3.63) is 59.9 Å². The van der Waals surface area contributed by atoms with Crippen molar-refractivity contribution in [2.45, 2.75) is 38.1 Å². The Bertz CT molecular complexity index is 746. The highest BCUT2D eigenvalue weighted by atomic mass is 16.3. The van der Waals surface area contributed by atoms with Crippen LogP contribution in [0.25, 0.3) is 0 Å². The fourth-order valence-electron chi connectivity index (χ4n) is 3.36. The quantitative estimate of drug-likeness (QED) is 0.672. The number of ketones is 1. The number of hydrogen-bond acceptors (Lipinski definition) is 4. The number of aromatic hydroxyl groups is 1. The predicted molar refractivity (Wildman–Crippen MR) is 94.3 cm³/mol. The molecule has 0 saturated carbocycles. The Labute approximate surface area is 147 Å². The molecule has 1 N–H and O–H groups in total. The third-order valence-corrected chi connectivity index (χ3v) is 4.68. The Morgan fingerprint density at radius 2 is 2.08 bits per heavy atom. The number of Topliss-reactive ketones (excluding diaryl/α,β-unsaturated/α-hetero) is 1. The average Bonchev–Trinajstić information content (AvgIpc) is 2.66. The summed E-state index contributed by atoms with van der Waals surface area (Å²) in [5.41, 5.74) is 1.38. The molecule has 1 amide bonds. The number of benzene rings is 1. The van der Waals surface area contributed by atoms with Crippen LogP contribution in [0.1, 0.15) is 41.6 Å². The molecule has 5 heteroatoms. The Hall–Kier alpha value is -2.69. The molecule has 1 atom stereocenters. The smallest absolute Gasteiger partial charge is 0.295 e. The number of amides is 1. The van der Waals surface area contributed by atoms with Gasteiger partial charge in [-0.15, -0.1) is 0 Å². The topological polar surface area (TPSA) is 70.5 Å². The number of carbonyl (C=O) groups excluding carboxylic acids is 2. The molecule has 1 aromatic carbocycles. The molecule has 1 aliphatic heterocycles. The van der Waals surface area contributed by atoms with Crippen molar-refractivity contribution < 1.29 is 14.7 Å². The number of phenolic OH excluding ortho intramolecular Hbond substituents is 1. The summed E-state index contributed by atoms with van der Waals surface area (Å²) in [6.45, 7) is 0.621. The summed E-state index contributed by atoms with van der Waals surface area (Å²) in [4.78, 5) is 30.8. The summed E-state index contributed by atoms with van der Waals surface area (Å²) in [6.07, 6.45) is 7.47. The second kappa shape index (κ2) is 7.92. The first kappa shape index (κ1) is 17.1. The maximum Gasteiger partial charge on any atom is 0.295 e. The molecule has 2 heterocycles. The molecule has 0 unspecified atom stereocenters. The van der Waals surface area contributed by atoms with Gasteiger partial charge in [0.2, 0.25) is 0 Å². The van der Waals surface area contributed by atoms with E-state index in [2.05, 4.69) is 4.98 Å². The van der Waals surface area contributed by atoms with Gasteiger partial charge in [-0.3, -0.25) is 14.6 Å². The molecule has 0 radical (unpaired) electrons. The van der Waals surface area contributed by atoms with E-state index in [1.807, 2.05) is 12.1 Å². The lowest BCUT2D eigenvalue weighted by molar-refractivity contribution is -0.130. The second-order valence-electron chi connectivity index (χ2n) is 6.43. The van der Waals surface area contributed by atoms with E-state index in [1.165, 1.54) is 6.20 Å². The lowest BCUT2D eigenvalue weighted by Gasteiger charge is -2.35. The number of aromatic nitrogens is 1. The van der Waals surface area contributed by atoms with Crippen molar-refractivity contribution in [1.82, 2.24) is 9.88 Å². The average molecular weight is 338 g/mol. The summed E-state index contributed by atoms with van der Waals surface area (Å²) in [6, 6.07) is 10.5. The number of aryl methyl sites for hydroxylation is 1. The zero-order chi connectivity index (χ0) is 17.6. The molecule has 25 heavy (non-hydrogen) atoms. The van der Waals surface area contributed by atoms with Gasteiger partial charge < -0.3 is 10.0 Å². The van der Waals surface area contributed by atoms with Gasteiger partial charge in [-0.2, -0.15) is 0 Å². The van der Waals surface area contributed by atoms with Crippen LogP contribution in [0, 0.1) is 0 Å². The van der Waals surface area contributed by atoms with E-state index < -0.39 is 11.7 Å². The van der Waals surface area contributed by atoms with Crippen LogP contribution in [0.2, 0.25) is 0 Å². The third-order valence-electron chi connectivity index (χ3n) is 4.68. The molecule has 0 bridgehead atoms. The molecule has 1 aromatic heterocycles. The fourth-order valence-corrected chi connectivity index (χ4v) is 3.36. The van der Waals surface area contributed by atoms with Crippen LogP contribution in [-0.2, 0) is 11.2 Å². The van der Waals surface area contributed by atoms with Crippen LogP contribution in [-0.4, -0.2) is 39.3 Å². The summed E-state index contributed by atoms with van der Waals surface area (Å²) in [5.74, 6) is -0.674. The lowest BCUT2D eigenvalue weighted by Crippen LogP contribution is -2.47. The number of likely N-dealkylation sites (tertiary alicyclic amines) is 1. The second-order valence-corrected chi connectivity index (χ2v) is 6.43. The van der Waals surface area contributed by atoms with Gasteiger partial charge in [0.15, 0.2) is 0 Å². The van der Waals surface area contributed by atoms with E-state index in [0.29, 0.717) is 12.1 Å². The number of rotatable bonds is 5. The van der Waals surface area contributed by atoms with E-state index in [9.17, 15) is 14.7 Å². The van der Waals surface area contributed by atoms with Crippen LogP contribution in [0.3, 0.4) is 0 Å². The van der Waals surface area contributed by atoms with Crippen molar-refractivity contribution in [3.63, 3.8) is 0 Å². The van der Waals surface area contributed by atoms with Gasteiger partial charge in [0.25, 0.3) is 11.7 Å². The predicted octanol–water partition coefficient (Wildman–Crippen LogP) is 2.98. The number of nitrogens with zero attached hydrogens (tertiary/aromatic N) is 2. The monoisotopic (exact) mass is 338 g/mol. The molecule has 5 nitrogen and oxygen atoms in total. The Kier molecular flexibility index (Phi) is 5.43. The van der Waals surface area contributed by atoms with Crippen LogP contribution < -0.4 is 0 Å². The molecule has 3 rings (SSSR count). The number of hydrogen-bond donors (Lipinski definition) is 1. The molecule has 1 saturated heterocycles. The van der Waals surface area contributed by atoms with Crippen LogP contribution in [0.4, 0.5) is 0 Å². The van der Waals surface area contributed by atoms with Crippen LogP contribution in [0.15, 0.2) is 48.8 Å². The zero-order valence-corrected chi connectivity index (χ0v) is 14.1. The van der Waals surface area contributed by atoms with Gasteiger partial charge >= 0.3 is 0 Å². The Balaban J connectivity index is 1.68. The van der Waals surface area contributed by atoms with E-state index in [1.54, 1.807) is 35.4 Å². The summed E-state index contributed by atoms with van der Waals surface area (Å²) < 4.78 is 0. The van der Waals surface area contributed by atoms with Crippen molar-refractivity contribution in [2.24, 2.45) is 0 Å². The van der Waals surface area contributed by atoms with Gasteiger partial charge in [0.1, 0.15) is 5.75 Å². The number of carbonyl (C=O) groups is 2. The number of phenols is 1. The highest BCUT2D eigenvalue weighted by Gasteiger charge is 2.31. The van der Waals surface area contributed by atoms with Crippen LogP contribution in [0.5, 0.6) is 5.75 Å². The van der Waals surface area contributed by atoms with Gasteiger partial charge in [-0.1, -0.05) is 12.1 Å². The normalized spacial score (nSPS) is 17.3. The Morgan fingerprint density at radius 3 is 2.84 bits per heavy atom. The van der Waals surface area contributed by atoms with Crippen LogP contribution >= 0.6 is 0 Å². The SMILES string of the molecule is O=C(C(=O)N1CCCC[C@H]1CCc1cccc(O)c1)c1cccnc1. The number of pyridine rings is 1. The van der Waals surface area contributed by atoms with Gasteiger partial charge in [-0.05, 0) is 61.9 Å². The highest BCUT2D eigenvalue weighted by Crippen LogP contribution is 2.23.